The fourth-order valence-corrected chi connectivity index (χ4v) is 2.33. The molecule has 0 radical (unpaired) electrons. The summed E-state index contributed by atoms with van der Waals surface area (Å²) >= 11 is 0. The van der Waals surface area contributed by atoms with Crippen LogP contribution in [0.25, 0.3) is 0 Å². The monoisotopic (exact) mass is 262 g/mol. The average Bonchev–Trinajstić information content (AvgIpc) is 2.40. The van der Waals surface area contributed by atoms with Gasteiger partial charge in [-0.2, -0.15) is 0 Å². The number of amides is 1. The maximum absolute atomic E-state index is 11.8. The van der Waals surface area contributed by atoms with Gasteiger partial charge in [0, 0.05) is 6.61 Å². The van der Waals surface area contributed by atoms with Crippen molar-refractivity contribution in [1.29, 1.82) is 0 Å². The van der Waals surface area contributed by atoms with Gasteiger partial charge >= 0.3 is 0 Å². The van der Waals surface area contributed by atoms with Crippen LogP contribution in [0.3, 0.4) is 0 Å². The fourth-order valence-electron chi connectivity index (χ4n) is 2.33. The standard InChI is InChI=1S/C15H22N2O2/c1-10-5-7-12(8-6-10)14-13(4-3-9-19-14)17-15(18)11(2)16/h5-8,11,13-14H,3-4,9,16H2,1-2H3,(H,17,18)/t11-,13?,14?/m1/s1. The molecule has 2 rings (SSSR count). The van der Waals surface area contributed by atoms with Gasteiger partial charge in [0.1, 0.15) is 6.10 Å². The molecule has 2 unspecified atom stereocenters. The van der Waals surface area contributed by atoms with Crippen molar-refractivity contribution in [3.63, 3.8) is 0 Å². The highest BCUT2D eigenvalue weighted by Gasteiger charge is 2.29. The minimum Gasteiger partial charge on any atom is -0.371 e. The van der Waals surface area contributed by atoms with Gasteiger partial charge in [0.05, 0.1) is 12.1 Å². The van der Waals surface area contributed by atoms with E-state index in [2.05, 4.69) is 36.5 Å². The number of nitrogens with one attached hydrogen (secondary N) is 1. The summed E-state index contributed by atoms with van der Waals surface area (Å²) in [5.41, 5.74) is 7.93. The van der Waals surface area contributed by atoms with Gasteiger partial charge in [-0.3, -0.25) is 4.79 Å². The Labute approximate surface area is 114 Å². The molecule has 0 bridgehead atoms. The van der Waals surface area contributed by atoms with E-state index in [4.69, 9.17) is 10.5 Å². The number of rotatable bonds is 3. The summed E-state index contributed by atoms with van der Waals surface area (Å²) in [7, 11) is 0. The summed E-state index contributed by atoms with van der Waals surface area (Å²) in [6.07, 6.45) is 1.82. The molecule has 1 aliphatic rings. The molecule has 1 amide bonds. The summed E-state index contributed by atoms with van der Waals surface area (Å²) in [4.78, 5) is 11.8. The number of ether oxygens (including phenoxy) is 1. The molecule has 0 aliphatic carbocycles. The van der Waals surface area contributed by atoms with Crippen molar-refractivity contribution in [2.24, 2.45) is 5.73 Å². The molecule has 0 aromatic heterocycles. The highest BCUT2D eigenvalue weighted by Crippen LogP contribution is 2.28. The Morgan fingerprint density at radius 3 is 2.74 bits per heavy atom. The van der Waals surface area contributed by atoms with Gasteiger partial charge < -0.3 is 15.8 Å². The molecular formula is C15H22N2O2. The number of benzene rings is 1. The maximum atomic E-state index is 11.8. The molecule has 19 heavy (non-hydrogen) atoms. The van der Waals surface area contributed by atoms with Crippen molar-refractivity contribution >= 4 is 5.91 Å². The smallest absolute Gasteiger partial charge is 0.236 e. The zero-order valence-corrected chi connectivity index (χ0v) is 11.6. The Morgan fingerprint density at radius 1 is 1.42 bits per heavy atom. The molecular weight excluding hydrogens is 240 g/mol. The first kappa shape index (κ1) is 14.0. The topological polar surface area (TPSA) is 64.3 Å². The Hall–Kier alpha value is -1.39. The van der Waals surface area contributed by atoms with Gasteiger partial charge in [0.25, 0.3) is 0 Å². The number of hydrogen-bond donors (Lipinski definition) is 2. The lowest BCUT2D eigenvalue weighted by Crippen LogP contribution is -2.48. The van der Waals surface area contributed by atoms with Crippen LogP contribution in [0.15, 0.2) is 24.3 Å². The molecule has 1 fully saturated rings. The minimum absolute atomic E-state index is 0.00922. The van der Waals surface area contributed by atoms with E-state index in [1.165, 1.54) is 5.56 Å². The largest absolute Gasteiger partial charge is 0.371 e. The van der Waals surface area contributed by atoms with E-state index < -0.39 is 6.04 Å². The molecule has 0 spiro atoms. The van der Waals surface area contributed by atoms with Crippen molar-refractivity contribution in [3.05, 3.63) is 35.4 Å². The molecule has 1 aromatic rings. The predicted molar refractivity (Wildman–Crippen MR) is 74.7 cm³/mol. The van der Waals surface area contributed by atoms with Crippen LogP contribution in [0.2, 0.25) is 0 Å². The highest BCUT2D eigenvalue weighted by molar-refractivity contribution is 5.81. The SMILES string of the molecule is Cc1ccc(C2OCCCC2NC(=O)[C@@H](C)N)cc1. The van der Waals surface area contributed by atoms with Crippen molar-refractivity contribution < 1.29 is 9.53 Å². The first-order chi connectivity index (χ1) is 9.08. The zero-order chi connectivity index (χ0) is 13.8. The van der Waals surface area contributed by atoms with Crippen LogP contribution in [-0.2, 0) is 9.53 Å². The van der Waals surface area contributed by atoms with Crippen LogP contribution in [0.5, 0.6) is 0 Å². The third-order valence-electron chi connectivity index (χ3n) is 3.47. The first-order valence-corrected chi connectivity index (χ1v) is 6.82. The zero-order valence-electron chi connectivity index (χ0n) is 11.6. The molecule has 1 saturated heterocycles. The second-order valence-corrected chi connectivity index (χ2v) is 5.25. The minimum atomic E-state index is -0.486. The third-order valence-corrected chi connectivity index (χ3v) is 3.47. The van der Waals surface area contributed by atoms with E-state index in [0.717, 1.165) is 25.0 Å². The molecule has 3 N–H and O–H groups in total. The van der Waals surface area contributed by atoms with E-state index in [1.54, 1.807) is 6.92 Å². The Kier molecular flexibility index (Phi) is 4.56. The molecule has 1 aliphatic heterocycles. The van der Waals surface area contributed by atoms with E-state index in [1.807, 2.05) is 0 Å². The lowest BCUT2D eigenvalue weighted by molar-refractivity contribution is -0.125. The molecule has 4 heteroatoms. The molecule has 4 nitrogen and oxygen atoms in total. The Balaban J connectivity index is 2.11. The van der Waals surface area contributed by atoms with Gasteiger partial charge in [-0.05, 0) is 32.3 Å². The van der Waals surface area contributed by atoms with Crippen LogP contribution in [0.4, 0.5) is 0 Å². The first-order valence-electron chi connectivity index (χ1n) is 6.82. The fraction of sp³-hybridized carbons (Fsp3) is 0.533. The number of aryl methyl sites for hydroxylation is 1. The van der Waals surface area contributed by atoms with E-state index in [9.17, 15) is 4.79 Å². The third kappa shape index (κ3) is 3.55. The summed E-state index contributed by atoms with van der Waals surface area (Å²) in [6.45, 7) is 4.49. The van der Waals surface area contributed by atoms with Crippen molar-refractivity contribution in [2.75, 3.05) is 6.61 Å². The number of nitrogens with two attached hydrogens (primary N) is 1. The van der Waals surface area contributed by atoms with Gasteiger partial charge in [-0.15, -0.1) is 0 Å². The second kappa shape index (κ2) is 6.17. The number of hydrogen-bond acceptors (Lipinski definition) is 3. The van der Waals surface area contributed by atoms with E-state index >= 15 is 0 Å². The van der Waals surface area contributed by atoms with Crippen molar-refractivity contribution in [2.45, 2.75) is 44.9 Å². The predicted octanol–water partition coefficient (Wildman–Crippen LogP) is 1.68. The number of carbonyl (C=O) groups is 1. The lowest BCUT2D eigenvalue weighted by atomic mass is 9.95. The van der Waals surface area contributed by atoms with Gasteiger partial charge in [0.15, 0.2) is 0 Å². The summed E-state index contributed by atoms with van der Waals surface area (Å²) in [5.74, 6) is -0.118. The Morgan fingerprint density at radius 2 is 2.11 bits per heavy atom. The maximum Gasteiger partial charge on any atom is 0.236 e. The molecule has 1 heterocycles. The van der Waals surface area contributed by atoms with Crippen LogP contribution >= 0.6 is 0 Å². The number of carbonyl (C=O) groups excluding carboxylic acids is 1. The summed E-state index contributed by atoms with van der Waals surface area (Å²) < 4.78 is 5.84. The molecule has 3 atom stereocenters. The second-order valence-electron chi connectivity index (χ2n) is 5.25. The summed E-state index contributed by atoms with van der Waals surface area (Å²) in [6, 6.07) is 7.79. The highest BCUT2D eigenvalue weighted by atomic mass is 16.5. The molecule has 0 saturated carbocycles. The average molecular weight is 262 g/mol. The van der Waals surface area contributed by atoms with Gasteiger partial charge in [-0.1, -0.05) is 29.8 Å². The molecule has 104 valence electrons. The summed E-state index contributed by atoms with van der Waals surface area (Å²) in [5, 5.41) is 2.99. The van der Waals surface area contributed by atoms with Crippen LogP contribution in [0.1, 0.15) is 37.0 Å². The van der Waals surface area contributed by atoms with Crippen LogP contribution in [-0.4, -0.2) is 24.6 Å². The quantitative estimate of drug-likeness (QED) is 0.871. The van der Waals surface area contributed by atoms with Gasteiger partial charge in [-0.25, -0.2) is 0 Å². The Bertz CT molecular complexity index is 428. The van der Waals surface area contributed by atoms with Gasteiger partial charge in [0.2, 0.25) is 5.91 Å². The van der Waals surface area contributed by atoms with Crippen molar-refractivity contribution in [3.8, 4) is 0 Å². The molecule has 1 aromatic carbocycles. The van der Waals surface area contributed by atoms with Crippen LogP contribution < -0.4 is 11.1 Å². The van der Waals surface area contributed by atoms with Crippen LogP contribution in [0, 0.1) is 6.92 Å². The van der Waals surface area contributed by atoms with Crippen molar-refractivity contribution in [1.82, 2.24) is 5.32 Å². The van der Waals surface area contributed by atoms with E-state index in [0.29, 0.717) is 0 Å². The van der Waals surface area contributed by atoms with E-state index in [-0.39, 0.29) is 18.1 Å². The normalized spacial score (nSPS) is 24.8. The lowest BCUT2D eigenvalue weighted by Gasteiger charge is -2.33.